The van der Waals surface area contributed by atoms with Crippen molar-refractivity contribution in [3.63, 3.8) is 0 Å². The average molecular weight is 517 g/mol. The number of fused-ring (bicyclic) bond motifs is 3. The normalized spacial score (nSPS) is 22.4. The van der Waals surface area contributed by atoms with E-state index in [4.69, 9.17) is 14.7 Å². The average Bonchev–Trinajstić information content (AvgIpc) is 3.24. The Balaban J connectivity index is 1.32. The molecule has 0 saturated carbocycles. The van der Waals surface area contributed by atoms with Gasteiger partial charge in [-0.1, -0.05) is 36.4 Å². The minimum Gasteiger partial charge on any atom is -0.467 e. The first-order valence-corrected chi connectivity index (χ1v) is 13.7. The molecule has 2 aromatic carbocycles. The number of amidine groups is 2. The van der Waals surface area contributed by atoms with Crippen LogP contribution in [0.15, 0.2) is 58.5 Å². The number of carbonyl (C=O) groups is 1. The summed E-state index contributed by atoms with van der Waals surface area (Å²) in [7, 11) is 5.66. The first kappa shape index (κ1) is 26.2. The van der Waals surface area contributed by atoms with Crippen LogP contribution in [-0.2, 0) is 9.53 Å². The molecular formula is C30H40N6O2. The van der Waals surface area contributed by atoms with Crippen LogP contribution in [0.5, 0.6) is 0 Å². The van der Waals surface area contributed by atoms with E-state index < -0.39 is 0 Å². The Morgan fingerprint density at radius 1 is 1.08 bits per heavy atom. The highest BCUT2D eigenvalue weighted by Gasteiger charge is 2.34. The summed E-state index contributed by atoms with van der Waals surface area (Å²) in [6.45, 7) is 7.71. The number of aliphatic imine (C=N–C) groups is 2. The molecule has 2 saturated heterocycles. The third kappa shape index (κ3) is 5.70. The molecular weight excluding hydrogens is 476 g/mol. The highest BCUT2D eigenvalue weighted by atomic mass is 16.5. The molecule has 2 bridgehead atoms. The lowest BCUT2D eigenvalue weighted by molar-refractivity contribution is -0.127. The SMILES string of the molecule is COC1=NC2CC(CCN(c3cccc4cccc(C)c34)C2)C(N2CCN(C(=O)/C=C/CN(C)C)CC2)=N1. The number of likely N-dealkylation sites (N-methyl/N-ethyl adjacent to an activating group) is 1. The fourth-order valence-electron chi connectivity index (χ4n) is 5.92. The van der Waals surface area contributed by atoms with Crippen LogP contribution in [0.25, 0.3) is 10.8 Å². The fraction of sp³-hybridized carbons (Fsp3) is 0.500. The number of piperazine rings is 1. The molecule has 2 unspecified atom stereocenters. The van der Waals surface area contributed by atoms with Crippen molar-refractivity contribution >= 4 is 34.2 Å². The molecule has 3 aliphatic rings. The maximum absolute atomic E-state index is 12.6. The van der Waals surface area contributed by atoms with Crippen LogP contribution in [0.4, 0.5) is 5.69 Å². The van der Waals surface area contributed by atoms with E-state index in [1.165, 1.54) is 22.0 Å². The van der Waals surface area contributed by atoms with Gasteiger partial charge in [-0.25, -0.2) is 4.99 Å². The lowest BCUT2D eigenvalue weighted by atomic mass is 9.96. The van der Waals surface area contributed by atoms with Crippen LogP contribution >= 0.6 is 0 Å². The number of anilines is 1. The van der Waals surface area contributed by atoms with E-state index in [0.29, 0.717) is 25.0 Å². The van der Waals surface area contributed by atoms with Gasteiger partial charge in [-0.05, 0) is 50.9 Å². The topological polar surface area (TPSA) is 64.0 Å². The summed E-state index contributed by atoms with van der Waals surface area (Å²) in [5.41, 5.74) is 2.59. The molecule has 0 aromatic heterocycles. The van der Waals surface area contributed by atoms with Crippen LogP contribution in [-0.4, -0.2) is 106 Å². The summed E-state index contributed by atoms with van der Waals surface area (Å²) in [5, 5.41) is 2.61. The lowest BCUT2D eigenvalue weighted by Crippen LogP contribution is -2.52. The van der Waals surface area contributed by atoms with Gasteiger partial charge in [-0.2, -0.15) is 4.99 Å². The molecule has 2 atom stereocenters. The lowest BCUT2D eigenvalue weighted by Gasteiger charge is -2.38. The molecule has 202 valence electrons. The van der Waals surface area contributed by atoms with Gasteiger partial charge >= 0.3 is 6.02 Å². The molecule has 38 heavy (non-hydrogen) atoms. The number of hydrogen-bond donors (Lipinski definition) is 0. The number of aryl methyl sites for hydroxylation is 1. The van der Waals surface area contributed by atoms with Crippen LogP contribution in [0.1, 0.15) is 18.4 Å². The van der Waals surface area contributed by atoms with Crippen LogP contribution in [0, 0.1) is 12.8 Å². The Morgan fingerprint density at radius 2 is 1.84 bits per heavy atom. The first-order chi connectivity index (χ1) is 18.4. The monoisotopic (exact) mass is 516 g/mol. The van der Waals surface area contributed by atoms with Crippen molar-refractivity contribution in [1.29, 1.82) is 0 Å². The number of hydrogen-bond acceptors (Lipinski definition) is 7. The standard InChI is InChI=1S/C30H40N6O2/c1-22-8-5-9-23-10-6-11-26(28(22)23)36-15-13-24-20-25(21-36)31-30(38-4)32-29(24)35-18-16-34(17-19-35)27(37)12-7-14-33(2)3/h5-12,24-25H,13-21H2,1-4H3/b12-7+. The largest absolute Gasteiger partial charge is 0.467 e. The molecule has 3 aliphatic heterocycles. The summed E-state index contributed by atoms with van der Waals surface area (Å²) in [5.74, 6) is 1.46. The molecule has 2 aromatic rings. The summed E-state index contributed by atoms with van der Waals surface area (Å²) in [6, 6.07) is 13.7. The zero-order chi connectivity index (χ0) is 26.6. The molecule has 8 nitrogen and oxygen atoms in total. The summed E-state index contributed by atoms with van der Waals surface area (Å²) in [6.07, 6.45) is 5.60. The maximum Gasteiger partial charge on any atom is 0.313 e. The molecule has 0 N–H and O–H groups in total. The van der Waals surface area contributed by atoms with E-state index in [1.807, 2.05) is 30.0 Å². The summed E-state index contributed by atoms with van der Waals surface area (Å²) in [4.78, 5) is 31.4. The molecule has 2 fully saturated rings. The summed E-state index contributed by atoms with van der Waals surface area (Å²) < 4.78 is 5.63. The van der Waals surface area contributed by atoms with Gasteiger partial charge in [0.25, 0.3) is 0 Å². The van der Waals surface area contributed by atoms with Crippen LogP contribution < -0.4 is 4.90 Å². The number of nitrogens with zero attached hydrogens (tertiary/aromatic N) is 6. The van der Waals surface area contributed by atoms with Crippen molar-refractivity contribution < 1.29 is 9.53 Å². The highest BCUT2D eigenvalue weighted by Crippen LogP contribution is 2.34. The van der Waals surface area contributed by atoms with Crippen molar-refractivity contribution in [2.45, 2.75) is 25.8 Å². The predicted molar refractivity (Wildman–Crippen MR) is 155 cm³/mol. The molecule has 0 aliphatic carbocycles. The number of methoxy groups -OCH3 is 1. The van der Waals surface area contributed by atoms with Gasteiger partial charge in [0.15, 0.2) is 0 Å². The second-order valence-corrected chi connectivity index (χ2v) is 10.8. The van der Waals surface area contributed by atoms with Gasteiger partial charge < -0.3 is 24.3 Å². The molecule has 8 heteroatoms. The van der Waals surface area contributed by atoms with Gasteiger partial charge in [0.05, 0.1) is 13.2 Å². The van der Waals surface area contributed by atoms with Crippen molar-refractivity contribution in [2.24, 2.45) is 15.9 Å². The smallest absolute Gasteiger partial charge is 0.313 e. The number of rotatable bonds is 4. The van der Waals surface area contributed by atoms with Crippen molar-refractivity contribution in [3.05, 3.63) is 54.1 Å². The predicted octanol–water partition coefficient (Wildman–Crippen LogP) is 3.41. The Labute approximate surface area is 226 Å². The second-order valence-electron chi connectivity index (χ2n) is 10.8. The van der Waals surface area contributed by atoms with Gasteiger partial charge in [-0.15, -0.1) is 0 Å². The van der Waals surface area contributed by atoms with E-state index in [9.17, 15) is 4.79 Å². The quantitative estimate of drug-likeness (QED) is 0.583. The van der Waals surface area contributed by atoms with E-state index in [1.54, 1.807) is 13.2 Å². The Hall–Kier alpha value is -3.39. The number of benzene rings is 2. The molecule has 1 amide bonds. The van der Waals surface area contributed by atoms with E-state index >= 15 is 0 Å². The number of amides is 1. The third-order valence-electron chi connectivity index (χ3n) is 7.86. The number of ether oxygens (including phenoxy) is 1. The van der Waals surface area contributed by atoms with Gasteiger partial charge in [0.2, 0.25) is 5.91 Å². The first-order valence-electron chi connectivity index (χ1n) is 13.7. The summed E-state index contributed by atoms with van der Waals surface area (Å²) >= 11 is 0. The van der Waals surface area contributed by atoms with Gasteiger partial charge in [0, 0.05) is 68.9 Å². The fourth-order valence-corrected chi connectivity index (χ4v) is 5.92. The van der Waals surface area contributed by atoms with Gasteiger partial charge in [0.1, 0.15) is 5.84 Å². The van der Waals surface area contributed by atoms with Gasteiger partial charge in [-0.3, -0.25) is 4.79 Å². The van der Waals surface area contributed by atoms with E-state index in [-0.39, 0.29) is 11.9 Å². The highest BCUT2D eigenvalue weighted by molar-refractivity contribution is 5.98. The third-order valence-corrected chi connectivity index (χ3v) is 7.86. The van der Waals surface area contributed by atoms with E-state index in [2.05, 4.69) is 53.1 Å². The zero-order valence-electron chi connectivity index (χ0n) is 23.1. The minimum atomic E-state index is 0.0870. The van der Waals surface area contributed by atoms with Crippen molar-refractivity contribution in [3.8, 4) is 0 Å². The molecule has 5 rings (SSSR count). The van der Waals surface area contributed by atoms with Crippen molar-refractivity contribution in [2.75, 3.05) is 71.9 Å². The zero-order valence-corrected chi connectivity index (χ0v) is 23.1. The van der Waals surface area contributed by atoms with E-state index in [0.717, 1.165) is 51.4 Å². The number of carbonyl (C=O) groups excluding carboxylic acids is 1. The molecule has 3 heterocycles. The Morgan fingerprint density at radius 3 is 2.58 bits per heavy atom. The Bertz CT molecular complexity index is 1240. The maximum atomic E-state index is 12.6. The second kappa shape index (κ2) is 11.6. The van der Waals surface area contributed by atoms with Crippen molar-refractivity contribution in [1.82, 2.24) is 14.7 Å². The molecule has 0 spiro atoms. The molecule has 0 radical (unpaired) electrons. The minimum absolute atomic E-state index is 0.0870. The van der Waals surface area contributed by atoms with Crippen LogP contribution in [0.3, 0.4) is 0 Å². The van der Waals surface area contributed by atoms with Crippen LogP contribution in [0.2, 0.25) is 0 Å². The Kier molecular flexibility index (Phi) is 7.98.